The summed E-state index contributed by atoms with van der Waals surface area (Å²) in [5.74, 6) is 0.238. The van der Waals surface area contributed by atoms with Crippen LogP contribution in [0, 0.1) is 5.92 Å². The molecule has 150 valence electrons. The van der Waals surface area contributed by atoms with Gasteiger partial charge in [0.2, 0.25) is 10.0 Å². The molecular formula is C20H26N4O2S2. The van der Waals surface area contributed by atoms with Crippen LogP contribution in [-0.2, 0) is 15.4 Å². The van der Waals surface area contributed by atoms with Crippen molar-refractivity contribution in [2.24, 2.45) is 5.92 Å². The summed E-state index contributed by atoms with van der Waals surface area (Å²) in [6.45, 7) is 0.357. The molecule has 0 aliphatic heterocycles. The van der Waals surface area contributed by atoms with Gasteiger partial charge in [-0.1, -0.05) is 31.1 Å². The number of hydrogen-bond donors (Lipinski definition) is 2. The van der Waals surface area contributed by atoms with Crippen LogP contribution in [0.15, 0.2) is 53.9 Å². The Hall–Kier alpha value is -1.90. The molecule has 2 N–H and O–H groups in total. The first-order valence-electron chi connectivity index (χ1n) is 9.53. The Morgan fingerprint density at radius 1 is 1.21 bits per heavy atom. The zero-order chi connectivity index (χ0) is 20.0. The monoisotopic (exact) mass is 418 g/mol. The van der Waals surface area contributed by atoms with Crippen LogP contribution in [0.5, 0.6) is 0 Å². The average molecular weight is 419 g/mol. The van der Waals surface area contributed by atoms with Crippen molar-refractivity contribution in [3.05, 3.63) is 54.6 Å². The van der Waals surface area contributed by atoms with E-state index in [0.717, 1.165) is 36.2 Å². The van der Waals surface area contributed by atoms with Crippen molar-refractivity contribution in [1.82, 2.24) is 20.0 Å². The first-order valence-corrected chi connectivity index (χ1v) is 11.4. The first-order chi connectivity index (χ1) is 13.5. The third-order valence-corrected chi connectivity index (χ3v) is 7.62. The number of aromatic nitrogens is 2. The molecular weight excluding hydrogens is 392 g/mol. The van der Waals surface area contributed by atoms with Gasteiger partial charge in [0.15, 0.2) is 0 Å². The third-order valence-electron chi connectivity index (χ3n) is 5.61. The van der Waals surface area contributed by atoms with Gasteiger partial charge in [-0.3, -0.25) is 9.97 Å². The summed E-state index contributed by atoms with van der Waals surface area (Å²) in [5, 5.41) is 3.19. The zero-order valence-electron chi connectivity index (χ0n) is 16.0. The summed E-state index contributed by atoms with van der Waals surface area (Å²) in [5.41, 5.74) is 0.797. The van der Waals surface area contributed by atoms with Gasteiger partial charge in [0, 0.05) is 43.8 Å². The zero-order valence-corrected chi connectivity index (χ0v) is 17.6. The molecule has 3 rings (SSSR count). The molecule has 0 bridgehead atoms. The Labute approximate surface area is 172 Å². The van der Waals surface area contributed by atoms with E-state index in [4.69, 9.17) is 12.2 Å². The van der Waals surface area contributed by atoms with Crippen LogP contribution in [0.1, 0.15) is 37.7 Å². The summed E-state index contributed by atoms with van der Waals surface area (Å²) in [7, 11) is -1.70. The molecule has 0 amide bonds. The molecule has 1 fully saturated rings. The predicted molar refractivity (Wildman–Crippen MR) is 114 cm³/mol. The van der Waals surface area contributed by atoms with Crippen LogP contribution in [0.2, 0.25) is 0 Å². The van der Waals surface area contributed by atoms with Crippen molar-refractivity contribution < 1.29 is 8.42 Å². The van der Waals surface area contributed by atoms with Crippen molar-refractivity contribution in [2.75, 3.05) is 13.6 Å². The number of nitrogens with zero attached hydrogens (tertiary/aromatic N) is 2. The minimum atomic E-state index is -3.56. The van der Waals surface area contributed by atoms with E-state index >= 15 is 0 Å². The number of thiocarbonyl (C=S) groups is 1. The summed E-state index contributed by atoms with van der Waals surface area (Å²) >= 11 is 5.76. The van der Waals surface area contributed by atoms with Crippen LogP contribution < -0.4 is 10.0 Å². The number of pyridine rings is 2. The molecule has 0 saturated heterocycles. The summed E-state index contributed by atoms with van der Waals surface area (Å²) < 4.78 is 27.7. The van der Waals surface area contributed by atoms with Crippen LogP contribution >= 0.6 is 12.2 Å². The van der Waals surface area contributed by atoms with Gasteiger partial charge in [-0.2, -0.15) is 0 Å². The van der Waals surface area contributed by atoms with E-state index < -0.39 is 10.0 Å². The molecule has 2 aromatic heterocycles. The van der Waals surface area contributed by atoms with Gasteiger partial charge in [0.25, 0.3) is 0 Å². The maximum Gasteiger partial charge on any atom is 0.242 e. The van der Waals surface area contributed by atoms with Gasteiger partial charge in [0.1, 0.15) is 4.90 Å². The van der Waals surface area contributed by atoms with Crippen LogP contribution in [-0.4, -0.2) is 37.0 Å². The highest BCUT2D eigenvalue weighted by atomic mass is 32.2. The molecule has 1 aliphatic rings. The van der Waals surface area contributed by atoms with Crippen molar-refractivity contribution in [1.29, 1.82) is 0 Å². The molecule has 1 aliphatic carbocycles. The Morgan fingerprint density at radius 2 is 1.96 bits per heavy atom. The molecule has 0 radical (unpaired) electrons. The first kappa shape index (κ1) is 20.8. The van der Waals surface area contributed by atoms with Crippen molar-refractivity contribution in [3.8, 4) is 0 Å². The van der Waals surface area contributed by atoms with E-state index in [-0.39, 0.29) is 16.2 Å². The largest absolute Gasteiger partial charge is 0.382 e. The third kappa shape index (κ3) is 4.24. The van der Waals surface area contributed by atoms with E-state index in [1.165, 1.54) is 6.20 Å². The number of likely N-dealkylation sites (N-methyl/N-ethyl adjacent to an activating group) is 1. The van der Waals surface area contributed by atoms with Gasteiger partial charge in [-0.25, -0.2) is 13.1 Å². The Morgan fingerprint density at radius 3 is 2.61 bits per heavy atom. The summed E-state index contributed by atoms with van der Waals surface area (Å²) in [4.78, 5) is 9.19. The average Bonchev–Trinajstić information content (AvgIpc) is 2.74. The molecule has 0 spiro atoms. The predicted octanol–water partition coefficient (Wildman–Crippen LogP) is 2.82. The van der Waals surface area contributed by atoms with Gasteiger partial charge in [-0.05, 0) is 48.9 Å². The highest BCUT2D eigenvalue weighted by molar-refractivity contribution is 7.89. The van der Waals surface area contributed by atoms with Gasteiger partial charge >= 0.3 is 0 Å². The molecule has 2 unspecified atom stereocenters. The van der Waals surface area contributed by atoms with Crippen LogP contribution in [0.3, 0.4) is 0 Å². The maximum atomic E-state index is 12.5. The lowest BCUT2D eigenvalue weighted by Crippen LogP contribution is -2.50. The summed E-state index contributed by atoms with van der Waals surface area (Å²) in [6.07, 6.45) is 11.4. The lowest BCUT2D eigenvalue weighted by molar-refractivity contribution is 0.239. The SMILES string of the molecule is CNC(=S)C1(c2cccnc2)CCCCC1CCNS(=O)(=O)c1cccnc1. The van der Waals surface area contributed by atoms with Crippen LogP contribution in [0.25, 0.3) is 0 Å². The molecule has 0 aromatic carbocycles. The lowest BCUT2D eigenvalue weighted by Gasteiger charge is -2.45. The molecule has 6 nitrogen and oxygen atoms in total. The van der Waals surface area contributed by atoms with Crippen molar-refractivity contribution >= 4 is 27.2 Å². The Kier molecular flexibility index (Phi) is 6.74. The number of rotatable bonds is 7. The molecule has 28 heavy (non-hydrogen) atoms. The van der Waals surface area contributed by atoms with Gasteiger partial charge in [-0.15, -0.1) is 0 Å². The fourth-order valence-electron chi connectivity index (χ4n) is 4.25. The second-order valence-corrected chi connectivity index (χ2v) is 9.29. The maximum absolute atomic E-state index is 12.5. The Bertz CT molecular complexity index is 891. The van der Waals surface area contributed by atoms with Crippen molar-refractivity contribution in [3.63, 3.8) is 0 Å². The highest BCUT2D eigenvalue weighted by Crippen LogP contribution is 2.46. The molecule has 2 heterocycles. The minimum Gasteiger partial charge on any atom is -0.382 e. The van der Waals surface area contributed by atoms with Gasteiger partial charge < -0.3 is 5.32 Å². The molecule has 2 aromatic rings. The normalized spacial score (nSPS) is 22.5. The van der Waals surface area contributed by atoms with Crippen molar-refractivity contribution in [2.45, 2.75) is 42.4 Å². The highest BCUT2D eigenvalue weighted by Gasteiger charge is 2.45. The standard InChI is InChI=1S/C20H26N4O2S2/c1-21-19(27)20(17-7-4-11-22-14-17)10-3-2-6-16(20)9-13-24-28(25,26)18-8-5-12-23-15-18/h4-5,7-8,11-12,14-16,24H,2-3,6,9-10,13H2,1H3,(H,21,27). The number of sulfonamides is 1. The smallest absolute Gasteiger partial charge is 0.242 e. The molecule has 2 atom stereocenters. The second-order valence-electron chi connectivity index (χ2n) is 7.11. The fourth-order valence-corrected chi connectivity index (χ4v) is 5.65. The number of hydrogen-bond acceptors (Lipinski definition) is 5. The lowest BCUT2D eigenvalue weighted by atomic mass is 9.61. The van der Waals surface area contributed by atoms with Gasteiger partial charge in [0.05, 0.1) is 4.99 Å². The quantitative estimate of drug-likeness (QED) is 0.673. The molecule has 1 saturated carbocycles. The summed E-state index contributed by atoms with van der Waals surface area (Å²) in [6, 6.07) is 7.18. The van der Waals surface area contributed by atoms with E-state index in [2.05, 4.69) is 26.1 Å². The number of nitrogens with one attached hydrogen (secondary N) is 2. The Balaban J connectivity index is 1.80. The minimum absolute atomic E-state index is 0.183. The second kappa shape index (κ2) is 9.07. The van der Waals surface area contributed by atoms with E-state index in [1.807, 2.05) is 19.3 Å². The van der Waals surface area contributed by atoms with Crippen LogP contribution in [0.4, 0.5) is 0 Å². The van der Waals surface area contributed by atoms with E-state index in [1.54, 1.807) is 24.5 Å². The molecule has 8 heteroatoms. The topological polar surface area (TPSA) is 84.0 Å². The van der Waals surface area contributed by atoms with E-state index in [0.29, 0.717) is 13.0 Å². The van der Waals surface area contributed by atoms with E-state index in [9.17, 15) is 8.42 Å². The fraction of sp³-hybridized carbons (Fsp3) is 0.450.